The number of fused-ring (bicyclic) bond motifs is 3. The molecule has 0 amide bonds. The second kappa shape index (κ2) is 4.74. The molecule has 3 aromatic rings. The zero-order valence-corrected chi connectivity index (χ0v) is 11.6. The lowest BCUT2D eigenvalue weighted by Gasteiger charge is -2.29. The van der Waals surface area contributed by atoms with Gasteiger partial charge in [-0.15, -0.1) is 0 Å². The molecule has 21 heavy (non-hydrogen) atoms. The molecule has 0 atom stereocenters. The number of nitriles is 1. The number of aromatic amines is 1. The van der Waals surface area contributed by atoms with Crippen LogP contribution in [0.25, 0.3) is 21.9 Å². The van der Waals surface area contributed by atoms with Crippen molar-refractivity contribution in [3.63, 3.8) is 0 Å². The van der Waals surface area contributed by atoms with Crippen LogP contribution in [0.3, 0.4) is 0 Å². The molecule has 3 aromatic heterocycles. The van der Waals surface area contributed by atoms with Gasteiger partial charge in [-0.2, -0.15) is 5.26 Å². The standard InChI is InChI=1S/C16H15N5/c17-9-11-8-12-13(10-19-11)20-16-15(12)14(4-5-18-16)21-6-2-1-3-7-21/h4-5,8,10H,1-3,6-7H2,(H,18,20). The number of H-pyrrole nitrogens is 1. The van der Waals surface area contributed by atoms with E-state index in [-0.39, 0.29) is 0 Å². The molecule has 0 aliphatic carbocycles. The summed E-state index contributed by atoms with van der Waals surface area (Å²) in [4.78, 5) is 14.3. The molecule has 0 unspecified atom stereocenters. The summed E-state index contributed by atoms with van der Waals surface area (Å²) in [6.07, 6.45) is 7.34. The SMILES string of the molecule is N#Cc1cc2c(cn1)[nH]c1nccc(N3CCCCC3)c12. The van der Waals surface area contributed by atoms with Gasteiger partial charge in [0.25, 0.3) is 0 Å². The monoisotopic (exact) mass is 277 g/mol. The highest BCUT2D eigenvalue weighted by Crippen LogP contribution is 2.33. The third-order valence-corrected chi connectivity index (χ3v) is 4.17. The number of hydrogen-bond acceptors (Lipinski definition) is 4. The van der Waals surface area contributed by atoms with E-state index in [1.807, 2.05) is 12.3 Å². The molecule has 0 bridgehead atoms. The van der Waals surface area contributed by atoms with E-state index >= 15 is 0 Å². The van der Waals surface area contributed by atoms with Gasteiger partial charge >= 0.3 is 0 Å². The molecule has 0 spiro atoms. The van der Waals surface area contributed by atoms with Gasteiger partial charge in [0, 0.05) is 30.4 Å². The highest BCUT2D eigenvalue weighted by atomic mass is 15.1. The molecular formula is C16H15N5. The maximum atomic E-state index is 9.08. The van der Waals surface area contributed by atoms with Crippen LogP contribution in [0.5, 0.6) is 0 Å². The van der Waals surface area contributed by atoms with Crippen LogP contribution in [-0.4, -0.2) is 28.0 Å². The van der Waals surface area contributed by atoms with E-state index in [4.69, 9.17) is 5.26 Å². The lowest BCUT2D eigenvalue weighted by molar-refractivity contribution is 0.579. The van der Waals surface area contributed by atoms with Crippen LogP contribution in [-0.2, 0) is 0 Å². The summed E-state index contributed by atoms with van der Waals surface area (Å²) in [5, 5.41) is 11.2. The molecule has 0 radical (unpaired) electrons. The first-order chi connectivity index (χ1) is 10.4. The Labute approximate surface area is 122 Å². The van der Waals surface area contributed by atoms with Crippen LogP contribution < -0.4 is 4.90 Å². The molecule has 5 nitrogen and oxygen atoms in total. The summed E-state index contributed by atoms with van der Waals surface area (Å²) in [6, 6.07) is 6.04. The molecule has 4 heterocycles. The topological polar surface area (TPSA) is 68.6 Å². The normalized spacial score (nSPS) is 15.5. The molecule has 1 saturated heterocycles. The highest BCUT2D eigenvalue weighted by Gasteiger charge is 2.17. The summed E-state index contributed by atoms with van der Waals surface area (Å²) in [5.41, 5.74) is 3.45. The van der Waals surface area contributed by atoms with E-state index in [1.165, 1.54) is 24.9 Å². The van der Waals surface area contributed by atoms with Gasteiger partial charge in [0.1, 0.15) is 17.4 Å². The minimum absolute atomic E-state index is 0.442. The number of nitrogens with zero attached hydrogens (tertiary/aromatic N) is 4. The van der Waals surface area contributed by atoms with Crippen molar-refractivity contribution in [3.05, 3.63) is 30.2 Å². The minimum atomic E-state index is 0.442. The number of rotatable bonds is 1. The number of nitrogens with one attached hydrogen (secondary N) is 1. The van der Waals surface area contributed by atoms with Crippen molar-refractivity contribution in [2.75, 3.05) is 18.0 Å². The molecule has 1 aliphatic heterocycles. The second-order valence-corrected chi connectivity index (χ2v) is 5.45. The van der Waals surface area contributed by atoms with Gasteiger partial charge in [0.15, 0.2) is 0 Å². The van der Waals surface area contributed by atoms with E-state index in [9.17, 15) is 0 Å². The predicted octanol–water partition coefficient (Wildman–Crippen LogP) is 2.97. The fourth-order valence-corrected chi connectivity index (χ4v) is 3.16. The van der Waals surface area contributed by atoms with E-state index in [0.717, 1.165) is 35.0 Å². The van der Waals surface area contributed by atoms with E-state index < -0.39 is 0 Å². The maximum Gasteiger partial charge on any atom is 0.141 e. The molecule has 0 saturated carbocycles. The first-order valence-corrected chi connectivity index (χ1v) is 7.28. The maximum absolute atomic E-state index is 9.08. The first kappa shape index (κ1) is 12.2. The third kappa shape index (κ3) is 1.91. The summed E-state index contributed by atoms with van der Waals surface area (Å²) in [5.74, 6) is 0. The van der Waals surface area contributed by atoms with Crippen LogP contribution in [0.4, 0.5) is 5.69 Å². The average molecular weight is 277 g/mol. The van der Waals surface area contributed by atoms with Crippen LogP contribution in [0.1, 0.15) is 25.0 Å². The Bertz CT molecular complexity index is 852. The van der Waals surface area contributed by atoms with Crippen LogP contribution in [0.2, 0.25) is 0 Å². The lowest BCUT2D eigenvalue weighted by Crippen LogP contribution is -2.29. The van der Waals surface area contributed by atoms with Crippen molar-refractivity contribution in [3.8, 4) is 6.07 Å². The fraction of sp³-hybridized carbons (Fsp3) is 0.312. The Balaban J connectivity index is 1.99. The molecule has 0 aromatic carbocycles. The predicted molar refractivity (Wildman–Crippen MR) is 82.2 cm³/mol. The van der Waals surface area contributed by atoms with Gasteiger partial charge < -0.3 is 9.88 Å². The zero-order chi connectivity index (χ0) is 14.2. The summed E-state index contributed by atoms with van der Waals surface area (Å²) >= 11 is 0. The fourth-order valence-electron chi connectivity index (χ4n) is 3.16. The van der Waals surface area contributed by atoms with E-state index in [2.05, 4.69) is 32.0 Å². The van der Waals surface area contributed by atoms with Crippen molar-refractivity contribution in [1.82, 2.24) is 15.0 Å². The van der Waals surface area contributed by atoms with Crippen molar-refractivity contribution < 1.29 is 0 Å². The summed E-state index contributed by atoms with van der Waals surface area (Å²) < 4.78 is 0. The Morgan fingerprint density at radius 3 is 2.86 bits per heavy atom. The number of pyridine rings is 2. The molecule has 1 aliphatic rings. The van der Waals surface area contributed by atoms with E-state index in [0.29, 0.717) is 5.69 Å². The second-order valence-electron chi connectivity index (χ2n) is 5.45. The quantitative estimate of drug-likeness (QED) is 0.742. The van der Waals surface area contributed by atoms with Crippen molar-refractivity contribution in [1.29, 1.82) is 5.26 Å². The Morgan fingerprint density at radius 2 is 2.05 bits per heavy atom. The number of anilines is 1. The Kier molecular flexibility index (Phi) is 2.74. The van der Waals surface area contributed by atoms with Crippen molar-refractivity contribution in [2.24, 2.45) is 0 Å². The van der Waals surface area contributed by atoms with Crippen molar-refractivity contribution >= 4 is 27.6 Å². The molecular weight excluding hydrogens is 262 g/mol. The summed E-state index contributed by atoms with van der Waals surface area (Å²) in [6.45, 7) is 2.17. The highest BCUT2D eigenvalue weighted by molar-refractivity contribution is 6.12. The lowest BCUT2D eigenvalue weighted by atomic mass is 10.1. The molecule has 1 N–H and O–H groups in total. The molecule has 1 fully saturated rings. The Hall–Kier alpha value is -2.61. The smallest absolute Gasteiger partial charge is 0.141 e. The van der Waals surface area contributed by atoms with Gasteiger partial charge in [-0.05, 0) is 31.4 Å². The first-order valence-electron chi connectivity index (χ1n) is 7.28. The number of aromatic nitrogens is 3. The number of hydrogen-bond donors (Lipinski definition) is 1. The largest absolute Gasteiger partial charge is 0.371 e. The van der Waals surface area contributed by atoms with Gasteiger partial charge in [0.05, 0.1) is 17.1 Å². The van der Waals surface area contributed by atoms with Gasteiger partial charge in [-0.25, -0.2) is 9.97 Å². The average Bonchev–Trinajstić information content (AvgIpc) is 2.93. The molecule has 4 rings (SSSR count). The minimum Gasteiger partial charge on any atom is -0.371 e. The van der Waals surface area contributed by atoms with Crippen LogP contribution >= 0.6 is 0 Å². The van der Waals surface area contributed by atoms with Crippen LogP contribution in [0.15, 0.2) is 24.5 Å². The van der Waals surface area contributed by atoms with E-state index in [1.54, 1.807) is 6.20 Å². The summed E-state index contributed by atoms with van der Waals surface area (Å²) in [7, 11) is 0. The molecule has 5 heteroatoms. The van der Waals surface area contributed by atoms with Crippen molar-refractivity contribution in [2.45, 2.75) is 19.3 Å². The number of piperidine rings is 1. The van der Waals surface area contributed by atoms with Crippen LogP contribution in [0, 0.1) is 11.3 Å². The third-order valence-electron chi connectivity index (χ3n) is 4.17. The van der Waals surface area contributed by atoms with Gasteiger partial charge in [-0.1, -0.05) is 0 Å². The zero-order valence-electron chi connectivity index (χ0n) is 11.6. The Morgan fingerprint density at radius 1 is 1.19 bits per heavy atom. The molecule has 104 valence electrons. The van der Waals surface area contributed by atoms with Gasteiger partial charge in [-0.3, -0.25) is 0 Å². The van der Waals surface area contributed by atoms with Gasteiger partial charge in [0.2, 0.25) is 0 Å².